The standard InChI is InChI=1S/C20H12Cl2N2O2S/c21-12-7-11(19(26)15(22)8-12)10-23-13-5-6-14(17(25)9-13)20-24-16-3-1-2-4-18(16)27-20/h1-10,25-26H. The first-order valence-corrected chi connectivity index (χ1v) is 9.49. The predicted octanol–water partition coefficient (Wildman–Crippen LogP) is 6.43. The van der Waals surface area contributed by atoms with E-state index in [-0.39, 0.29) is 16.5 Å². The Bertz CT molecular complexity index is 1160. The lowest BCUT2D eigenvalue weighted by atomic mass is 10.2. The first-order chi connectivity index (χ1) is 13.0. The van der Waals surface area contributed by atoms with Gasteiger partial charge in [-0.25, -0.2) is 4.98 Å². The molecule has 0 radical (unpaired) electrons. The van der Waals surface area contributed by atoms with E-state index in [0.717, 1.165) is 15.2 Å². The lowest BCUT2D eigenvalue weighted by molar-refractivity contribution is 0.475. The van der Waals surface area contributed by atoms with Crippen molar-refractivity contribution in [3.8, 4) is 22.1 Å². The zero-order valence-corrected chi connectivity index (χ0v) is 16.1. The van der Waals surface area contributed by atoms with Gasteiger partial charge in [0, 0.05) is 22.9 Å². The fraction of sp³-hybridized carbons (Fsp3) is 0. The average molecular weight is 415 g/mol. The maximum absolute atomic E-state index is 10.4. The molecule has 4 aromatic rings. The second kappa shape index (κ2) is 7.19. The van der Waals surface area contributed by atoms with Crippen LogP contribution in [-0.4, -0.2) is 21.4 Å². The summed E-state index contributed by atoms with van der Waals surface area (Å²) in [6, 6.07) is 15.9. The van der Waals surface area contributed by atoms with E-state index in [1.54, 1.807) is 24.3 Å². The summed E-state index contributed by atoms with van der Waals surface area (Å²) >= 11 is 13.4. The molecule has 0 atom stereocenters. The monoisotopic (exact) mass is 414 g/mol. The predicted molar refractivity (Wildman–Crippen MR) is 112 cm³/mol. The van der Waals surface area contributed by atoms with Gasteiger partial charge in [0.15, 0.2) is 0 Å². The number of phenols is 2. The molecule has 3 aromatic carbocycles. The van der Waals surface area contributed by atoms with Gasteiger partial charge < -0.3 is 10.2 Å². The van der Waals surface area contributed by atoms with Crippen LogP contribution in [0.3, 0.4) is 0 Å². The number of benzene rings is 3. The number of aliphatic imine (C=N–C) groups is 1. The minimum atomic E-state index is -0.0971. The minimum Gasteiger partial charge on any atom is -0.507 e. The van der Waals surface area contributed by atoms with Gasteiger partial charge in [0.05, 0.1) is 26.5 Å². The number of aromatic hydroxyl groups is 2. The number of thiazole rings is 1. The summed E-state index contributed by atoms with van der Waals surface area (Å²) in [6.45, 7) is 0. The summed E-state index contributed by atoms with van der Waals surface area (Å²) in [4.78, 5) is 8.83. The van der Waals surface area contributed by atoms with Gasteiger partial charge in [-0.3, -0.25) is 4.99 Å². The van der Waals surface area contributed by atoms with Crippen molar-refractivity contribution in [2.75, 3.05) is 0 Å². The molecule has 0 bridgehead atoms. The molecule has 134 valence electrons. The lowest BCUT2D eigenvalue weighted by Crippen LogP contribution is -1.84. The fourth-order valence-electron chi connectivity index (χ4n) is 2.60. The molecule has 4 rings (SSSR count). The molecule has 0 aliphatic rings. The average Bonchev–Trinajstić information content (AvgIpc) is 3.07. The molecule has 2 N–H and O–H groups in total. The second-order valence-corrected chi connectivity index (χ2v) is 7.65. The highest BCUT2D eigenvalue weighted by Crippen LogP contribution is 2.37. The van der Waals surface area contributed by atoms with E-state index in [4.69, 9.17) is 23.2 Å². The Balaban J connectivity index is 1.66. The van der Waals surface area contributed by atoms with Crippen molar-refractivity contribution in [3.05, 3.63) is 70.2 Å². The molecule has 4 nitrogen and oxygen atoms in total. The van der Waals surface area contributed by atoms with Crippen LogP contribution in [0.25, 0.3) is 20.8 Å². The molecule has 0 saturated heterocycles. The second-order valence-electron chi connectivity index (χ2n) is 5.77. The Morgan fingerprint density at radius 2 is 1.81 bits per heavy atom. The number of aromatic nitrogens is 1. The zero-order chi connectivity index (χ0) is 19.0. The van der Waals surface area contributed by atoms with Gasteiger partial charge in [-0.05, 0) is 36.4 Å². The quantitative estimate of drug-likeness (QED) is 0.379. The summed E-state index contributed by atoms with van der Waals surface area (Å²) in [5.74, 6) is -0.0165. The SMILES string of the molecule is Oc1cc(N=Cc2cc(Cl)cc(Cl)c2O)ccc1-c1nc2ccccc2s1. The summed E-state index contributed by atoms with van der Waals surface area (Å²) in [7, 11) is 0. The first kappa shape index (κ1) is 17.8. The molecule has 27 heavy (non-hydrogen) atoms. The fourth-order valence-corrected chi connectivity index (χ4v) is 4.11. The van der Waals surface area contributed by atoms with Crippen LogP contribution >= 0.6 is 34.5 Å². The topological polar surface area (TPSA) is 65.7 Å². The third kappa shape index (κ3) is 3.62. The molecule has 0 saturated carbocycles. The number of halogens is 2. The maximum atomic E-state index is 10.4. The minimum absolute atomic E-state index is 0.0806. The van der Waals surface area contributed by atoms with Crippen LogP contribution in [0.2, 0.25) is 10.0 Å². The molecule has 0 spiro atoms. The van der Waals surface area contributed by atoms with Crippen LogP contribution in [0.5, 0.6) is 11.5 Å². The number of hydrogen-bond donors (Lipinski definition) is 2. The lowest BCUT2D eigenvalue weighted by Gasteiger charge is -2.04. The van der Waals surface area contributed by atoms with E-state index in [1.165, 1.54) is 23.6 Å². The molecule has 0 aliphatic heterocycles. The van der Waals surface area contributed by atoms with Gasteiger partial charge in [-0.15, -0.1) is 11.3 Å². The van der Waals surface area contributed by atoms with Gasteiger partial charge in [-0.2, -0.15) is 0 Å². The zero-order valence-electron chi connectivity index (χ0n) is 13.7. The van der Waals surface area contributed by atoms with Crippen molar-refractivity contribution >= 4 is 56.7 Å². The van der Waals surface area contributed by atoms with Crippen LogP contribution in [0.4, 0.5) is 5.69 Å². The molecule has 0 amide bonds. The van der Waals surface area contributed by atoms with Crippen molar-refractivity contribution in [1.82, 2.24) is 4.98 Å². The Labute approximate surface area is 169 Å². The molecule has 1 heterocycles. The number of phenolic OH excluding ortho intramolecular Hbond substituents is 2. The van der Waals surface area contributed by atoms with Crippen LogP contribution in [-0.2, 0) is 0 Å². The summed E-state index contributed by atoms with van der Waals surface area (Å²) < 4.78 is 1.06. The van der Waals surface area contributed by atoms with Gasteiger partial charge in [0.2, 0.25) is 0 Å². The van der Waals surface area contributed by atoms with Gasteiger partial charge in [0.25, 0.3) is 0 Å². The van der Waals surface area contributed by atoms with Crippen molar-refractivity contribution in [1.29, 1.82) is 0 Å². The number of fused-ring (bicyclic) bond motifs is 1. The Kier molecular flexibility index (Phi) is 4.74. The van der Waals surface area contributed by atoms with E-state index in [1.807, 2.05) is 24.3 Å². The van der Waals surface area contributed by atoms with Crippen molar-refractivity contribution < 1.29 is 10.2 Å². The molecular weight excluding hydrogens is 403 g/mol. The molecule has 1 aromatic heterocycles. The number of hydrogen-bond acceptors (Lipinski definition) is 5. The van der Waals surface area contributed by atoms with Crippen molar-refractivity contribution in [3.63, 3.8) is 0 Å². The highest BCUT2D eigenvalue weighted by atomic mass is 35.5. The first-order valence-electron chi connectivity index (χ1n) is 7.92. The third-order valence-electron chi connectivity index (χ3n) is 3.92. The van der Waals surface area contributed by atoms with E-state index >= 15 is 0 Å². The highest BCUT2D eigenvalue weighted by Gasteiger charge is 2.11. The van der Waals surface area contributed by atoms with E-state index in [9.17, 15) is 10.2 Å². The van der Waals surface area contributed by atoms with Gasteiger partial charge in [0.1, 0.15) is 16.5 Å². The number of nitrogens with zero attached hydrogens (tertiary/aromatic N) is 2. The van der Waals surface area contributed by atoms with Crippen molar-refractivity contribution in [2.24, 2.45) is 4.99 Å². The van der Waals surface area contributed by atoms with Gasteiger partial charge in [-0.1, -0.05) is 35.3 Å². The molecular formula is C20H12Cl2N2O2S. The summed E-state index contributed by atoms with van der Waals surface area (Å²) in [6.07, 6.45) is 1.44. The summed E-state index contributed by atoms with van der Waals surface area (Å²) in [5.41, 5.74) is 2.45. The molecule has 0 aliphatic carbocycles. The molecule has 0 unspecified atom stereocenters. The van der Waals surface area contributed by atoms with E-state index < -0.39 is 0 Å². The van der Waals surface area contributed by atoms with Gasteiger partial charge >= 0.3 is 0 Å². The van der Waals surface area contributed by atoms with Crippen molar-refractivity contribution in [2.45, 2.75) is 0 Å². The smallest absolute Gasteiger partial charge is 0.143 e. The number of para-hydroxylation sites is 1. The Hall–Kier alpha value is -2.60. The van der Waals surface area contributed by atoms with E-state index in [2.05, 4.69) is 9.98 Å². The number of rotatable bonds is 3. The third-order valence-corrected chi connectivity index (χ3v) is 5.49. The Morgan fingerprint density at radius 3 is 2.59 bits per heavy atom. The van der Waals surface area contributed by atoms with E-state index in [0.29, 0.717) is 21.8 Å². The Morgan fingerprint density at radius 1 is 1.00 bits per heavy atom. The highest BCUT2D eigenvalue weighted by molar-refractivity contribution is 7.21. The molecule has 0 fully saturated rings. The van der Waals surface area contributed by atoms with Crippen LogP contribution in [0.15, 0.2) is 59.6 Å². The normalized spacial score (nSPS) is 11.5. The van der Waals surface area contributed by atoms with Crippen LogP contribution < -0.4 is 0 Å². The van der Waals surface area contributed by atoms with Crippen LogP contribution in [0.1, 0.15) is 5.56 Å². The largest absolute Gasteiger partial charge is 0.507 e. The maximum Gasteiger partial charge on any atom is 0.143 e. The van der Waals surface area contributed by atoms with Crippen LogP contribution in [0, 0.1) is 0 Å². The summed E-state index contributed by atoms with van der Waals surface area (Å²) in [5, 5.41) is 21.7. The molecule has 7 heteroatoms.